The van der Waals surface area contributed by atoms with E-state index in [1.165, 1.54) is 30.3 Å². The van der Waals surface area contributed by atoms with Gasteiger partial charge in [0.2, 0.25) is 22.7 Å². The number of ether oxygens (including phenoxy) is 3. The fourth-order valence-electron chi connectivity index (χ4n) is 2.85. The van der Waals surface area contributed by atoms with E-state index in [-0.39, 0.29) is 22.6 Å². The molecule has 0 saturated heterocycles. The highest BCUT2D eigenvalue weighted by atomic mass is 19.4. The quantitative estimate of drug-likeness (QED) is 0.440. The van der Waals surface area contributed by atoms with Gasteiger partial charge in [-0.2, -0.15) is 13.2 Å². The van der Waals surface area contributed by atoms with E-state index in [1.54, 1.807) is 6.07 Å². The zero-order valence-corrected chi connectivity index (χ0v) is 15.6. The molecule has 0 N–H and O–H groups in total. The molecule has 0 radical (unpaired) electrons. The summed E-state index contributed by atoms with van der Waals surface area (Å²) in [5.74, 6) is -3.46. The Morgan fingerprint density at radius 2 is 1.42 bits per heavy atom. The lowest BCUT2D eigenvalue weighted by molar-refractivity contribution is -0.154. The van der Waals surface area contributed by atoms with Gasteiger partial charge in [-0.05, 0) is 24.3 Å². The molecule has 7 nitrogen and oxygen atoms in total. The van der Waals surface area contributed by atoms with Crippen molar-refractivity contribution in [3.8, 4) is 28.7 Å². The van der Waals surface area contributed by atoms with Gasteiger partial charge in [-0.15, -0.1) is 0 Å². The lowest BCUT2D eigenvalue weighted by Crippen LogP contribution is -2.32. The Labute approximate surface area is 170 Å². The molecule has 0 bridgehead atoms. The van der Waals surface area contributed by atoms with Crippen molar-refractivity contribution in [2.75, 3.05) is 7.11 Å². The molecule has 0 aliphatic rings. The summed E-state index contributed by atoms with van der Waals surface area (Å²) in [5, 5.41) is -0.205. The molecule has 3 aromatic carbocycles. The average Bonchev–Trinajstić information content (AvgIpc) is 2.75. The van der Waals surface area contributed by atoms with Crippen LogP contribution in [0.5, 0.6) is 28.7 Å². The van der Waals surface area contributed by atoms with Crippen LogP contribution in [0.25, 0.3) is 11.0 Å². The van der Waals surface area contributed by atoms with Gasteiger partial charge in [-0.3, -0.25) is 14.4 Å². The SMILES string of the molecule is COc1c(Oc2ccc3c(=O)c(Oc4ccccc4)c(C(F)(F)F)oc3c2)c(=O)c1=O. The second-order valence-corrected chi connectivity index (χ2v) is 6.28. The molecule has 0 saturated carbocycles. The first-order valence-corrected chi connectivity index (χ1v) is 8.67. The summed E-state index contributed by atoms with van der Waals surface area (Å²) in [7, 11) is 1.16. The Hall–Kier alpha value is -4.08. The smallest absolute Gasteiger partial charge is 0.453 e. The molecular formula is C21H11F3O7. The van der Waals surface area contributed by atoms with E-state index in [0.29, 0.717) is 0 Å². The minimum atomic E-state index is -5.03. The van der Waals surface area contributed by atoms with Gasteiger partial charge in [0.25, 0.3) is 16.6 Å². The second kappa shape index (κ2) is 7.31. The Kier molecular flexibility index (Phi) is 4.77. The Morgan fingerprint density at radius 3 is 2.06 bits per heavy atom. The maximum Gasteiger partial charge on any atom is 0.453 e. The van der Waals surface area contributed by atoms with Gasteiger partial charge >= 0.3 is 6.18 Å². The summed E-state index contributed by atoms with van der Waals surface area (Å²) in [6.45, 7) is 0. The first-order valence-electron chi connectivity index (χ1n) is 8.67. The molecule has 0 aliphatic heterocycles. The minimum absolute atomic E-state index is 0.0202. The molecular weight excluding hydrogens is 421 g/mol. The van der Waals surface area contributed by atoms with Crippen LogP contribution in [0.1, 0.15) is 5.76 Å². The van der Waals surface area contributed by atoms with Crippen LogP contribution >= 0.6 is 0 Å². The van der Waals surface area contributed by atoms with E-state index >= 15 is 0 Å². The fraction of sp³-hybridized carbons (Fsp3) is 0.0952. The first-order chi connectivity index (χ1) is 14.7. The molecule has 4 aromatic rings. The van der Waals surface area contributed by atoms with E-state index in [9.17, 15) is 27.6 Å². The van der Waals surface area contributed by atoms with Gasteiger partial charge in [-0.25, -0.2) is 0 Å². The van der Waals surface area contributed by atoms with Gasteiger partial charge in [0.1, 0.15) is 17.1 Å². The van der Waals surface area contributed by atoms with E-state index in [4.69, 9.17) is 18.6 Å². The lowest BCUT2D eigenvalue weighted by atomic mass is 10.2. The van der Waals surface area contributed by atoms with Crippen molar-refractivity contribution in [3.63, 3.8) is 0 Å². The van der Waals surface area contributed by atoms with Crippen molar-refractivity contribution >= 4 is 11.0 Å². The number of benzene rings is 2. The van der Waals surface area contributed by atoms with Gasteiger partial charge in [0.15, 0.2) is 0 Å². The lowest BCUT2D eigenvalue weighted by Gasteiger charge is -2.14. The zero-order valence-electron chi connectivity index (χ0n) is 15.6. The maximum atomic E-state index is 13.6. The van der Waals surface area contributed by atoms with Crippen molar-refractivity contribution in [2.24, 2.45) is 0 Å². The summed E-state index contributed by atoms with van der Waals surface area (Å²) in [6, 6.07) is 10.9. The molecule has 0 aliphatic carbocycles. The number of halogens is 3. The van der Waals surface area contributed by atoms with Crippen LogP contribution in [0.4, 0.5) is 13.2 Å². The number of methoxy groups -OCH3 is 1. The molecule has 1 heterocycles. The number of fused-ring (bicyclic) bond motifs is 1. The molecule has 0 fully saturated rings. The normalized spacial score (nSPS) is 11.6. The molecule has 0 amide bonds. The summed E-state index contributed by atoms with van der Waals surface area (Å²) >= 11 is 0. The third-order valence-electron chi connectivity index (χ3n) is 4.29. The van der Waals surface area contributed by atoms with E-state index in [0.717, 1.165) is 19.2 Å². The highest BCUT2D eigenvalue weighted by molar-refractivity contribution is 5.80. The standard InChI is InChI=1S/C21H11F3O7/c1-28-17-15(26)16(27)18(17)30-11-7-8-12-13(9-11)31-20(21(22,23)24)19(14(12)25)29-10-5-3-2-4-6-10/h2-9H,1H3. The van der Waals surface area contributed by atoms with Crippen molar-refractivity contribution in [3.05, 3.63) is 85.0 Å². The highest BCUT2D eigenvalue weighted by Crippen LogP contribution is 2.39. The summed E-state index contributed by atoms with van der Waals surface area (Å²) < 4.78 is 60.9. The molecule has 0 unspecified atom stereocenters. The van der Waals surface area contributed by atoms with Gasteiger partial charge < -0.3 is 18.6 Å². The Bertz CT molecular complexity index is 1410. The monoisotopic (exact) mass is 432 g/mol. The summed E-state index contributed by atoms with van der Waals surface area (Å²) in [6.07, 6.45) is -5.03. The number of hydrogen-bond donors (Lipinski definition) is 0. The van der Waals surface area contributed by atoms with Crippen molar-refractivity contribution in [1.29, 1.82) is 0 Å². The maximum absolute atomic E-state index is 13.6. The van der Waals surface area contributed by atoms with Crippen LogP contribution < -0.4 is 30.5 Å². The predicted molar refractivity (Wildman–Crippen MR) is 102 cm³/mol. The number of hydrogen-bond acceptors (Lipinski definition) is 7. The predicted octanol–water partition coefficient (Wildman–Crippen LogP) is 4.00. The topological polar surface area (TPSA) is 92.0 Å². The second-order valence-electron chi connectivity index (χ2n) is 6.28. The largest absolute Gasteiger partial charge is 0.489 e. The van der Waals surface area contributed by atoms with Crippen molar-refractivity contribution in [2.45, 2.75) is 6.18 Å². The van der Waals surface area contributed by atoms with E-state index < -0.39 is 45.3 Å². The first kappa shape index (κ1) is 20.2. The van der Waals surface area contributed by atoms with Crippen LogP contribution in [0.15, 0.2) is 67.3 Å². The van der Waals surface area contributed by atoms with Crippen LogP contribution in [0.3, 0.4) is 0 Å². The van der Waals surface area contributed by atoms with E-state index in [1.807, 2.05) is 0 Å². The van der Waals surface area contributed by atoms with E-state index in [2.05, 4.69) is 0 Å². The Morgan fingerprint density at radius 1 is 0.774 bits per heavy atom. The van der Waals surface area contributed by atoms with Crippen LogP contribution in [-0.4, -0.2) is 7.11 Å². The van der Waals surface area contributed by atoms with Crippen molar-refractivity contribution < 1.29 is 31.8 Å². The molecule has 158 valence electrons. The Balaban J connectivity index is 1.82. The van der Waals surface area contributed by atoms with Crippen LogP contribution in [0, 0.1) is 0 Å². The third-order valence-corrected chi connectivity index (χ3v) is 4.29. The average molecular weight is 432 g/mol. The fourth-order valence-corrected chi connectivity index (χ4v) is 2.85. The third kappa shape index (κ3) is 3.52. The molecule has 0 atom stereocenters. The number of rotatable bonds is 5. The molecule has 31 heavy (non-hydrogen) atoms. The molecule has 4 rings (SSSR count). The molecule has 10 heteroatoms. The van der Waals surface area contributed by atoms with Crippen LogP contribution in [-0.2, 0) is 6.18 Å². The minimum Gasteiger partial charge on any atom is -0.489 e. The summed E-state index contributed by atoms with van der Waals surface area (Å²) in [4.78, 5) is 35.7. The number of para-hydroxylation sites is 1. The molecule has 1 aromatic heterocycles. The number of alkyl halides is 3. The highest BCUT2D eigenvalue weighted by Gasteiger charge is 2.40. The van der Waals surface area contributed by atoms with Crippen molar-refractivity contribution in [1.82, 2.24) is 0 Å². The van der Waals surface area contributed by atoms with Gasteiger partial charge in [0, 0.05) is 6.07 Å². The van der Waals surface area contributed by atoms with Gasteiger partial charge in [-0.1, -0.05) is 18.2 Å². The zero-order chi connectivity index (χ0) is 22.3. The summed E-state index contributed by atoms with van der Waals surface area (Å²) in [5.41, 5.74) is -3.32. The van der Waals surface area contributed by atoms with Crippen LogP contribution in [0.2, 0.25) is 0 Å². The molecule has 0 spiro atoms. The van der Waals surface area contributed by atoms with Gasteiger partial charge in [0.05, 0.1) is 12.5 Å².